The highest BCUT2D eigenvalue weighted by molar-refractivity contribution is 5.82. The molecule has 1 aromatic carbocycles. The monoisotopic (exact) mass is 267 g/mol. The molecule has 0 radical (unpaired) electrons. The van der Waals surface area contributed by atoms with Crippen LogP contribution in [-0.4, -0.2) is 31.3 Å². The van der Waals surface area contributed by atoms with Crippen molar-refractivity contribution in [3.63, 3.8) is 0 Å². The molecule has 0 amide bonds. The minimum atomic E-state index is 0.392. The van der Waals surface area contributed by atoms with E-state index in [9.17, 15) is 0 Å². The number of nitriles is 1. The minimum absolute atomic E-state index is 0.392. The third-order valence-corrected chi connectivity index (χ3v) is 3.61. The Morgan fingerprint density at radius 2 is 2.10 bits per heavy atom. The molecule has 0 aliphatic carbocycles. The molecule has 1 aliphatic heterocycles. The first-order valence-corrected chi connectivity index (χ1v) is 6.88. The van der Waals surface area contributed by atoms with Gasteiger partial charge in [-0.3, -0.25) is 0 Å². The van der Waals surface area contributed by atoms with Gasteiger partial charge in [0.25, 0.3) is 0 Å². The number of aryl methyl sites for hydroxylation is 1. The third kappa shape index (κ3) is 2.45. The van der Waals surface area contributed by atoms with Crippen molar-refractivity contribution >= 4 is 16.7 Å². The first kappa shape index (κ1) is 12.9. The number of anilines is 1. The van der Waals surface area contributed by atoms with Gasteiger partial charge in [-0.1, -0.05) is 12.1 Å². The topological polar surface area (TPSA) is 49.2 Å². The minimum Gasteiger partial charge on any atom is -0.378 e. The van der Waals surface area contributed by atoms with E-state index in [1.54, 1.807) is 0 Å². The van der Waals surface area contributed by atoms with E-state index in [0.29, 0.717) is 6.42 Å². The second-order valence-electron chi connectivity index (χ2n) is 5.10. The number of hydrogen-bond acceptors (Lipinski definition) is 4. The zero-order valence-electron chi connectivity index (χ0n) is 11.6. The number of nitrogens with zero attached hydrogens (tertiary/aromatic N) is 3. The lowest BCUT2D eigenvalue weighted by atomic mass is 10.1. The van der Waals surface area contributed by atoms with Crippen LogP contribution in [0.1, 0.15) is 11.1 Å². The molecule has 0 bridgehead atoms. The molecule has 0 unspecified atom stereocenters. The van der Waals surface area contributed by atoms with Gasteiger partial charge in [0.05, 0.1) is 31.2 Å². The third-order valence-electron chi connectivity index (χ3n) is 3.61. The Labute approximate surface area is 118 Å². The maximum Gasteiger partial charge on any atom is 0.133 e. The molecule has 102 valence electrons. The van der Waals surface area contributed by atoms with Crippen LogP contribution in [0.3, 0.4) is 0 Å². The van der Waals surface area contributed by atoms with E-state index < -0.39 is 0 Å². The van der Waals surface area contributed by atoms with Crippen molar-refractivity contribution in [3.8, 4) is 6.07 Å². The summed E-state index contributed by atoms with van der Waals surface area (Å²) in [7, 11) is 0. The average molecular weight is 267 g/mol. The summed E-state index contributed by atoms with van der Waals surface area (Å²) in [4.78, 5) is 7.02. The van der Waals surface area contributed by atoms with Gasteiger partial charge >= 0.3 is 0 Å². The van der Waals surface area contributed by atoms with E-state index in [-0.39, 0.29) is 0 Å². The van der Waals surface area contributed by atoms with Gasteiger partial charge in [-0.15, -0.1) is 0 Å². The summed E-state index contributed by atoms with van der Waals surface area (Å²) in [6.45, 7) is 5.18. The molecular weight excluding hydrogens is 250 g/mol. The lowest BCUT2D eigenvalue weighted by molar-refractivity contribution is 0.122. The van der Waals surface area contributed by atoms with E-state index in [4.69, 9.17) is 15.0 Å². The Morgan fingerprint density at radius 1 is 1.30 bits per heavy atom. The average Bonchev–Trinajstić information content (AvgIpc) is 2.48. The van der Waals surface area contributed by atoms with Crippen molar-refractivity contribution in [3.05, 3.63) is 35.4 Å². The quantitative estimate of drug-likeness (QED) is 0.838. The number of ether oxygens (including phenoxy) is 1. The highest BCUT2D eigenvalue weighted by Gasteiger charge is 2.17. The Kier molecular flexibility index (Phi) is 3.53. The molecule has 1 aromatic heterocycles. The SMILES string of the molecule is Cc1ccc2cc(CC#N)c(N3CCOCC3)nc2c1. The molecule has 4 heteroatoms. The Bertz CT molecular complexity index is 669. The number of morpholine rings is 1. The largest absolute Gasteiger partial charge is 0.378 e. The summed E-state index contributed by atoms with van der Waals surface area (Å²) in [5, 5.41) is 10.1. The molecule has 1 aliphatic rings. The van der Waals surface area contributed by atoms with Crippen LogP contribution in [0.15, 0.2) is 24.3 Å². The molecule has 0 spiro atoms. The van der Waals surface area contributed by atoms with Gasteiger partial charge in [0.2, 0.25) is 0 Å². The van der Waals surface area contributed by atoms with Gasteiger partial charge in [-0.25, -0.2) is 4.98 Å². The molecule has 0 atom stereocenters. The van der Waals surface area contributed by atoms with Crippen molar-refractivity contribution in [2.75, 3.05) is 31.2 Å². The van der Waals surface area contributed by atoms with E-state index >= 15 is 0 Å². The summed E-state index contributed by atoms with van der Waals surface area (Å²) >= 11 is 0. The smallest absolute Gasteiger partial charge is 0.133 e. The van der Waals surface area contributed by atoms with Gasteiger partial charge in [-0.2, -0.15) is 5.26 Å². The fourth-order valence-corrected chi connectivity index (χ4v) is 2.57. The summed E-state index contributed by atoms with van der Waals surface area (Å²) < 4.78 is 5.39. The summed E-state index contributed by atoms with van der Waals surface area (Å²) in [6.07, 6.45) is 0.392. The van der Waals surface area contributed by atoms with Crippen LogP contribution in [0, 0.1) is 18.3 Å². The summed E-state index contributed by atoms with van der Waals surface area (Å²) in [5.41, 5.74) is 3.20. The van der Waals surface area contributed by atoms with E-state index in [0.717, 1.165) is 48.6 Å². The van der Waals surface area contributed by atoms with Crippen LogP contribution < -0.4 is 4.90 Å². The van der Waals surface area contributed by atoms with E-state index in [2.05, 4.69) is 42.2 Å². The zero-order chi connectivity index (χ0) is 13.9. The molecule has 0 saturated carbocycles. The Balaban J connectivity index is 2.11. The van der Waals surface area contributed by atoms with Crippen LogP contribution in [-0.2, 0) is 11.2 Å². The van der Waals surface area contributed by atoms with Crippen LogP contribution in [0.5, 0.6) is 0 Å². The van der Waals surface area contributed by atoms with Gasteiger partial charge in [0, 0.05) is 24.0 Å². The van der Waals surface area contributed by atoms with Crippen LogP contribution in [0.2, 0.25) is 0 Å². The molecule has 2 aromatic rings. The summed E-state index contributed by atoms with van der Waals surface area (Å²) in [6, 6.07) is 10.6. The predicted octanol–water partition coefficient (Wildman–Crippen LogP) is 2.45. The number of benzene rings is 1. The number of aromatic nitrogens is 1. The van der Waals surface area contributed by atoms with E-state index in [1.165, 1.54) is 5.56 Å². The molecule has 0 N–H and O–H groups in total. The number of pyridine rings is 1. The highest BCUT2D eigenvalue weighted by Crippen LogP contribution is 2.25. The first-order valence-electron chi connectivity index (χ1n) is 6.88. The molecule has 1 fully saturated rings. The standard InChI is InChI=1S/C16H17N3O/c1-12-2-3-13-11-14(4-5-17)16(18-15(13)10-12)19-6-8-20-9-7-19/h2-3,10-11H,4,6-9H2,1H3. The van der Waals surface area contributed by atoms with Gasteiger partial charge in [0.1, 0.15) is 5.82 Å². The molecule has 4 nitrogen and oxygen atoms in total. The lowest BCUT2D eigenvalue weighted by Gasteiger charge is -2.29. The van der Waals surface area contributed by atoms with Crippen LogP contribution >= 0.6 is 0 Å². The fraction of sp³-hybridized carbons (Fsp3) is 0.375. The lowest BCUT2D eigenvalue weighted by Crippen LogP contribution is -2.37. The van der Waals surface area contributed by atoms with Gasteiger partial charge in [0.15, 0.2) is 0 Å². The van der Waals surface area contributed by atoms with Gasteiger partial charge < -0.3 is 9.64 Å². The maximum absolute atomic E-state index is 9.04. The van der Waals surface area contributed by atoms with Crippen LogP contribution in [0.25, 0.3) is 10.9 Å². The van der Waals surface area contributed by atoms with Crippen molar-refractivity contribution in [1.29, 1.82) is 5.26 Å². The first-order chi connectivity index (χ1) is 9.78. The second-order valence-corrected chi connectivity index (χ2v) is 5.10. The molecule has 20 heavy (non-hydrogen) atoms. The molecule has 3 rings (SSSR count). The predicted molar refractivity (Wildman–Crippen MR) is 78.8 cm³/mol. The van der Waals surface area contributed by atoms with Crippen molar-refractivity contribution in [1.82, 2.24) is 4.98 Å². The number of hydrogen-bond donors (Lipinski definition) is 0. The van der Waals surface area contributed by atoms with E-state index in [1.807, 2.05) is 0 Å². The molecule has 1 saturated heterocycles. The summed E-state index contributed by atoms with van der Waals surface area (Å²) in [5.74, 6) is 0.938. The fourth-order valence-electron chi connectivity index (χ4n) is 2.57. The second kappa shape index (κ2) is 5.48. The zero-order valence-corrected chi connectivity index (χ0v) is 11.6. The molecule has 2 heterocycles. The van der Waals surface area contributed by atoms with Crippen molar-refractivity contribution < 1.29 is 4.74 Å². The Morgan fingerprint density at radius 3 is 2.85 bits per heavy atom. The van der Waals surface area contributed by atoms with Crippen molar-refractivity contribution in [2.45, 2.75) is 13.3 Å². The normalized spacial score (nSPS) is 15.3. The molecular formula is C16H17N3O. The highest BCUT2D eigenvalue weighted by atomic mass is 16.5. The number of rotatable bonds is 2. The Hall–Kier alpha value is -2.12. The van der Waals surface area contributed by atoms with Crippen molar-refractivity contribution in [2.24, 2.45) is 0 Å². The number of fused-ring (bicyclic) bond motifs is 1. The van der Waals surface area contributed by atoms with Crippen LogP contribution in [0.4, 0.5) is 5.82 Å². The van der Waals surface area contributed by atoms with Gasteiger partial charge in [-0.05, 0) is 24.6 Å². The maximum atomic E-state index is 9.04.